The molecule has 5 amide bonds. The predicted octanol–water partition coefficient (Wildman–Crippen LogP) is -0.694. The highest BCUT2D eigenvalue weighted by atomic mass is 16.5. The molecule has 1 saturated heterocycles. The van der Waals surface area contributed by atoms with Crippen LogP contribution in [-0.4, -0.2) is 92.5 Å². The van der Waals surface area contributed by atoms with E-state index in [9.17, 15) is 34.1 Å². The lowest BCUT2D eigenvalue weighted by Crippen LogP contribution is -2.60. The van der Waals surface area contributed by atoms with Crippen molar-refractivity contribution in [3.63, 3.8) is 0 Å². The summed E-state index contributed by atoms with van der Waals surface area (Å²) in [6.45, 7) is 5.44. The second-order valence-electron chi connectivity index (χ2n) is 9.00. The molecule has 1 aromatic heterocycles. The summed E-state index contributed by atoms with van der Waals surface area (Å²) < 4.78 is 5.44. The van der Waals surface area contributed by atoms with Crippen molar-refractivity contribution in [3.05, 3.63) is 46.3 Å². The van der Waals surface area contributed by atoms with Crippen LogP contribution in [-0.2, 0) is 20.8 Å². The summed E-state index contributed by atoms with van der Waals surface area (Å²) in [5, 5.41) is 31.9. The Morgan fingerprint density at radius 2 is 1.97 bits per heavy atom. The maximum Gasteiger partial charge on any atom is 0.547 e. The fourth-order valence-electron chi connectivity index (χ4n) is 4.61. The number of hydrogen-bond acceptors (Lipinski definition) is 8. The molecule has 2 aliphatic heterocycles. The number of aromatic nitrogens is 2. The van der Waals surface area contributed by atoms with E-state index in [-0.39, 0.29) is 30.8 Å². The molecule has 2 aromatic rings. The first kappa shape index (κ1) is 26.7. The number of benzene rings is 1. The molecular formula is C23H27BN6O8. The minimum atomic E-state index is -1.57. The van der Waals surface area contributed by atoms with Crippen LogP contribution in [0.25, 0.3) is 0 Å². The molecule has 5 N–H and O–H groups in total. The number of carbonyl (C=O) groups excluding carboxylic acids is 4. The van der Waals surface area contributed by atoms with E-state index in [2.05, 4.69) is 20.8 Å². The molecule has 38 heavy (non-hydrogen) atoms. The molecule has 0 aliphatic carbocycles. The molecule has 2 aliphatic rings. The number of para-hydroxylation sites is 1. The number of amides is 5. The third kappa shape index (κ3) is 4.92. The van der Waals surface area contributed by atoms with Crippen molar-refractivity contribution in [2.75, 3.05) is 19.6 Å². The number of nitrogens with zero attached hydrogens (tertiary/aromatic N) is 3. The summed E-state index contributed by atoms with van der Waals surface area (Å²) in [4.78, 5) is 65.0. The third-order valence-electron chi connectivity index (χ3n) is 6.62. The molecule has 1 unspecified atom stereocenters. The average molecular weight is 526 g/mol. The lowest BCUT2D eigenvalue weighted by molar-refractivity contribution is -0.153. The number of piperazine rings is 1. The van der Waals surface area contributed by atoms with Crippen LogP contribution in [0.15, 0.2) is 18.2 Å². The number of hydrogen-bond donors (Lipinski definition) is 5. The molecule has 200 valence electrons. The van der Waals surface area contributed by atoms with Gasteiger partial charge in [0.2, 0.25) is 5.91 Å². The largest absolute Gasteiger partial charge is 0.547 e. The Hall–Kier alpha value is -4.40. The van der Waals surface area contributed by atoms with E-state index in [0.29, 0.717) is 29.1 Å². The number of likely N-dealkylation sites (N-methyl/N-ethyl adjacent to an activating group) is 1. The quantitative estimate of drug-likeness (QED) is 0.239. The molecule has 0 saturated carbocycles. The second kappa shape index (κ2) is 10.5. The van der Waals surface area contributed by atoms with E-state index in [1.165, 1.54) is 17.0 Å². The van der Waals surface area contributed by atoms with Gasteiger partial charge in [0.15, 0.2) is 0 Å². The zero-order valence-corrected chi connectivity index (χ0v) is 21.0. The van der Waals surface area contributed by atoms with Crippen molar-refractivity contribution in [3.8, 4) is 5.75 Å². The number of aromatic amines is 1. The maximum atomic E-state index is 13.5. The summed E-state index contributed by atoms with van der Waals surface area (Å²) in [6.07, 6.45) is 0.0549. The van der Waals surface area contributed by atoms with Gasteiger partial charge in [-0.25, -0.2) is 9.59 Å². The Kier molecular flexibility index (Phi) is 7.39. The number of fused-ring (bicyclic) bond motifs is 1. The van der Waals surface area contributed by atoms with Gasteiger partial charge in [-0.05, 0) is 38.8 Å². The van der Waals surface area contributed by atoms with Crippen LogP contribution in [0.1, 0.15) is 45.8 Å². The van der Waals surface area contributed by atoms with Crippen molar-refractivity contribution in [2.45, 2.75) is 39.2 Å². The average Bonchev–Trinajstić information content (AvgIpc) is 3.21. The van der Waals surface area contributed by atoms with Gasteiger partial charge >= 0.3 is 30.9 Å². The van der Waals surface area contributed by atoms with Crippen LogP contribution < -0.4 is 15.3 Å². The number of aromatic carboxylic acids is 1. The number of imide groups is 1. The number of carboxylic acids is 1. The van der Waals surface area contributed by atoms with Crippen LogP contribution >= 0.6 is 0 Å². The van der Waals surface area contributed by atoms with Gasteiger partial charge in [0.1, 0.15) is 11.8 Å². The first-order valence-corrected chi connectivity index (χ1v) is 12.0. The summed E-state index contributed by atoms with van der Waals surface area (Å²) in [5.74, 6) is -4.74. The van der Waals surface area contributed by atoms with E-state index in [4.69, 9.17) is 4.65 Å². The number of carboxylic acid groups (broad SMARTS) is 1. The number of H-pyrrole nitrogens is 1. The maximum absolute atomic E-state index is 13.5. The molecule has 0 radical (unpaired) electrons. The Bertz CT molecular complexity index is 1290. The van der Waals surface area contributed by atoms with Gasteiger partial charge in [0.05, 0.1) is 17.2 Å². The third-order valence-corrected chi connectivity index (χ3v) is 6.62. The zero-order chi connectivity index (χ0) is 27.7. The van der Waals surface area contributed by atoms with Gasteiger partial charge < -0.3 is 30.3 Å². The SMILES string of the molecule is CCN1CCN(C(=O)NC(C(=O)N[C@H]2Cc3cccc(C(=O)O)c3OB2O)c2c(C)n[nH]c2C)C(=O)C1=O. The van der Waals surface area contributed by atoms with E-state index < -0.39 is 48.8 Å². The van der Waals surface area contributed by atoms with Gasteiger partial charge in [-0.15, -0.1) is 0 Å². The fourth-order valence-corrected chi connectivity index (χ4v) is 4.61. The number of aryl methyl sites for hydroxylation is 2. The molecule has 3 heterocycles. The Morgan fingerprint density at radius 1 is 1.24 bits per heavy atom. The van der Waals surface area contributed by atoms with Gasteiger partial charge in [-0.3, -0.25) is 24.4 Å². The van der Waals surface area contributed by atoms with Crippen LogP contribution in [0.3, 0.4) is 0 Å². The number of urea groups is 1. The summed E-state index contributed by atoms with van der Waals surface area (Å²) in [6, 6.07) is 2.22. The highest BCUT2D eigenvalue weighted by molar-refractivity contribution is 6.47. The van der Waals surface area contributed by atoms with Crippen LogP contribution in [0.4, 0.5) is 4.79 Å². The molecule has 0 bridgehead atoms. The highest BCUT2D eigenvalue weighted by Gasteiger charge is 2.41. The van der Waals surface area contributed by atoms with Crippen molar-refractivity contribution in [1.82, 2.24) is 30.6 Å². The van der Waals surface area contributed by atoms with E-state index in [1.54, 1.807) is 26.8 Å². The summed E-state index contributed by atoms with van der Waals surface area (Å²) >= 11 is 0. The van der Waals surface area contributed by atoms with Crippen LogP contribution in [0.5, 0.6) is 5.75 Å². The first-order chi connectivity index (χ1) is 18.0. The number of nitrogens with one attached hydrogen (secondary N) is 3. The van der Waals surface area contributed by atoms with Gasteiger partial charge in [-0.1, -0.05) is 12.1 Å². The minimum Gasteiger partial charge on any atom is -0.534 e. The molecule has 14 nitrogen and oxygen atoms in total. The predicted molar refractivity (Wildman–Crippen MR) is 131 cm³/mol. The lowest BCUT2D eigenvalue weighted by Gasteiger charge is -2.33. The highest BCUT2D eigenvalue weighted by Crippen LogP contribution is 2.30. The van der Waals surface area contributed by atoms with Crippen molar-refractivity contribution in [2.24, 2.45) is 0 Å². The fraction of sp³-hybridized carbons (Fsp3) is 0.391. The van der Waals surface area contributed by atoms with Crippen molar-refractivity contribution < 1.29 is 38.8 Å². The van der Waals surface area contributed by atoms with E-state index in [1.807, 2.05) is 0 Å². The number of carbonyl (C=O) groups is 5. The zero-order valence-electron chi connectivity index (χ0n) is 21.0. The van der Waals surface area contributed by atoms with Crippen molar-refractivity contribution >= 4 is 36.8 Å². The van der Waals surface area contributed by atoms with Gasteiger partial charge in [0, 0.05) is 30.9 Å². The summed E-state index contributed by atoms with van der Waals surface area (Å²) in [7, 11) is -1.57. The lowest BCUT2D eigenvalue weighted by atomic mass is 9.72. The van der Waals surface area contributed by atoms with Crippen LogP contribution in [0.2, 0.25) is 0 Å². The van der Waals surface area contributed by atoms with Gasteiger partial charge in [0.25, 0.3) is 0 Å². The Labute approximate surface area is 217 Å². The molecule has 1 fully saturated rings. The molecule has 1 aromatic carbocycles. The minimum absolute atomic E-state index is 0.0128. The molecule has 4 rings (SSSR count). The Morgan fingerprint density at radius 3 is 2.61 bits per heavy atom. The topological polar surface area (TPSA) is 194 Å². The normalized spacial score (nSPS) is 18.0. The monoisotopic (exact) mass is 526 g/mol. The second-order valence-corrected chi connectivity index (χ2v) is 9.00. The van der Waals surface area contributed by atoms with E-state index >= 15 is 0 Å². The molecule has 0 spiro atoms. The summed E-state index contributed by atoms with van der Waals surface area (Å²) in [5.41, 5.74) is 1.59. The standard InChI is InChI=1S/C23H27BN6O8/c1-4-29-8-9-30(21(33)20(29)32)23(36)26-17(16-11(2)27-28-12(16)3)19(31)25-15-10-13-6-5-7-14(22(34)35)18(13)38-24(15)37/h5-7,15,17,37H,4,8-10H2,1-3H3,(H,25,31)(H,26,36)(H,27,28)(H,34,35)/t15-,17?/m0/s1. The number of rotatable bonds is 6. The molecule has 15 heteroatoms. The van der Waals surface area contributed by atoms with E-state index in [0.717, 1.165) is 4.90 Å². The molecular weight excluding hydrogens is 499 g/mol. The van der Waals surface area contributed by atoms with Crippen LogP contribution in [0, 0.1) is 13.8 Å². The Balaban J connectivity index is 1.57. The van der Waals surface area contributed by atoms with Gasteiger partial charge in [-0.2, -0.15) is 5.10 Å². The first-order valence-electron chi connectivity index (χ1n) is 12.0. The van der Waals surface area contributed by atoms with Crippen molar-refractivity contribution in [1.29, 1.82) is 0 Å². The molecule has 2 atom stereocenters. The smallest absolute Gasteiger partial charge is 0.534 e.